The Morgan fingerprint density at radius 3 is 2.61 bits per heavy atom. The van der Waals surface area contributed by atoms with Gasteiger partial charge in [-0.1, -0.05) is 6.92 Å². The highest BCUT2D eigenvalue weighted by Gasteiger charge is 2.22. The van der Waals surface area contributed by atoms with Crippen molar-refractivity contribution in [1.29, 1.82) is 0 Å². The van der Waals surface area contributed by atoms with E-state index >= 15 is 0 Å². The molecule has 18 heavy (non-hydrogen) atoms. The predicted molar refractivity (Wildman–Crippen MR) is 70.0 cm³/mol. The molecule has 1 unspecified atom stereocenters. The lowest BCUT2D eigenvalue weighted by atomic mass is 9.95. The van der Waals surface area contributed by atoms with E-state index in [0.29, 0.717) is 19.0 Å². The second-order valence-electron chi connectivity index (χ2n) is 4.16. The van der Waals surface area contributed by atoms with Crippen molar-refractivity contribution in [3.8, 4) is 6.01 Å². The van der Waals surface area contributed by atoms with Gasteiger partial charge in [0.1, 0.15) is 0 Å². The Hall–Kier alpha value is -1.14. The van der Waals surface area contributed by atoms with Gasteiger partial charge in [-0.2, -0.15) is 15.0 Å². The first-order valence-corrected chi connectivity index (χ1v) is 6.34. The third-order valence-electron chi connectivity index (χ3n) is 2.72. The molecule has 0 spiro atoms. The fourth-order valence-corrected chi connectivity index (χ4v) is 1.58. The van der Waals surface area contributed by atoms with Crippen molar-refractivity contribution in [1.82, 2.24) is 15.0 Å². The zero-order valence-electron chi connectivity index (χ0n) is 10.9. The lowest BCUT2D eigenvalue weighted by Crippen LogP contribution is -2.35. The van der Waals surface area contributed by atoms with Crippen molar-refractivity contribution in [2.45, 2.75) is 39.2 Å². The van der Waals surface area contributed by atoms with Crippen molar-refractivity contribution < 1.29 is 9.84 Å². The molecular weight excluding hydrogens is 256 g/mol. The Kier molecular flexibility index (Phi) is 5.55. The second kappa shape index (κ2) is 6.70. The Balaban J connectivity index is 2.88. The molecule has 0 fully saturated rings. The molecule has 0 aliphatic rings. The quantitative estimate of drug-likeness (QED) is 0.790. The summed E-state index contributed by atoms with van der Waals surface area (Å²) in [5.74, 6) is 0.358. The first kappa shape index (κ1) is 14.9. The van der Waals surface area contributed by atoms with Gasteiger partial charge < -0.3 is 15.2 Å². The number of ether oxygens (including phenoxy) is 1. The summed E-state index contributed by atoms with van der Waals surface area (Å²) in [4.78, 5) is 12.0. The number of aliphatic hydroxyl groups excluding tert-OH is 1. The summed E-state index contributed by atoms with van der Waals surface area (Å²) in [6, 6.07) is 0.197. The van der Waals surface area contributed by atoms with Gasteiger partial charge in [0.25, 0.3) is 0 Å². The normalized spacial score (nSPS) is 14.1. The van der Waals surface area contributed by atoms with Gasteiger partial charge in [0, 0.05) is 12.1 Å². The first-order chi connectivity index (χ1) is 8.53. The fourth-order valence-electron chi connectivity index (χ4n) is 1.43. The van der Waals surface area contributed by atoms with E-state index < -0.39 is 0 Å². The van der Waals surface area contributed by atoms with E-state index in [1.54, 1.807) is 0 Å². The third-order valence-corrected chi connectivity index (χ3v) is 2.89. The zero-order valence-corrected chi connectivity index (χ0v) is 11.7. The number of nitrogens with one attached hydrogen (secondary N) is 1. The van der Waals surface area contributed by atoms with E-state index in [4.69, 9.17) is 21.4 Å². The molecule has 1 rings (SSSR count). The van der Waals surface area contributed by atoms with Crippen molar-refractivity contribution in [2.75, 3.05) is 18.5 Å². The van der Waals surface area contributed by atoms with Gasteiger partial charge in [-0.15, -0.1) is 0 Å². The van der Waals surface area contributed by atoms with Gasteiger partial charge in [0.15, 0.2) is 0 Å². The molecular formula is C11H19ClN4O2. The Morgan fingerprint density at radius 2 is 2.06 bits per heavy atom. The molecule has 0 bridgehead atoms. The largest absolute Gasteiger partial charge is 0.464 e. The molecule has 1 aromatic heterocycles. The van der Waals surface area contributed by atoms with Crippen LogP contribution in [0.25, 0.3) is 0 Å². The lowest BCUT2D eigenvalue weighted by molar-refractivity contribution is 0.251. The molecule has 0 aliphatic heterocycles. The smallest absolute Gasteiger partial charge is 0.322 e. The molecule has 0 saturated heterocycles. The minimum absolute atomic E-state index is 0.0819. The molecule has 0 radical (unpaired) electrons. The van der Waals surface area contributed by atoms with E-state index in [0.717, 1.165) is 6.42 Å². The fraction of sp³-hybridized carbons (Fsp3) is 0.727. The van der Waals surface area contributed by atoms with Crippen LogP contribution in [0.1, 0.15) is 33.6 Å². The van der Waals surface area contributed by atoms with E-state index in [2.05, 4.69) is 20.3 Å². The summed E-state index contributed by atoms with van der Waals surface area (Å²) in [6.45, 7) is 6.40. The molecule has 0 aromatic carbocycles. The van der Waals surface area contributed by atoms with Crippen molar-refractivity contribution in [3.63, 3.8) is 0 Å². The lowest BCUT2D eigenvalue weighted by Gasteiger charge is -2.28. The maximum atomic E-state index is 9.06. The van der Waals surface area contributed by atoms with E-state index in [-0.39, 0.29) is 23.4 Å². The summed E-state index contributed by atoms with van der Waals surface area (Å²) in [6.07, 6.45) is 1.41. The molecule has 0 amide bonds. The summed E-state index contributed by atoms with van der Waals surface area (Å²) in [5.41, 5.74) is -0.289. The Labute approximate surface area is 112 Å². The van der Waals surface area contributed by atoms with Crippen LogP contribution in [-0.4, -0.2) is 38.8 Å². The van der Waals surface area contributed by atoms with Crippen LogP contribution >= 0.6 is 11.6 Å². The van der Waals surface area contributed by atoms with Crippen LogP contribution in [0.15, 0.2) is 0 Å². The number of nitrogens with zero attached hydrogens (tertiary/aromatic N) is 3. The number of anilines is 1. The van der Waals surface area contributed by atoms with Gasteiger partial charge in [-0.05, 0) is 38.3 Å². The first-order valence-electron chi connectivity index (χ1n) is 5.96. The van der Waals surface area contributed by atoms with Gasteiger partial charge >= 0.3 is 6.01 Å². The average molecular weight is 275 g/mol. The number of aromatic nitrogens is 3. The number of halogens is 1. The minimum Gasteiger partial charge on any atom is -0.464 e. The highest BCUT2D eigenvalue weighted by atomic mass is 35.5. The summed E-state index contributed by atoms with van der Waals surface area (Å²) in [7, 11) is 0. The predicted octanol–water partition coefficient (Wildman–Crippen LogP) is 1.89. The van der Waals surface area contributed by atoms with Crippen LogP contribution in [0, 0.1) is 0 Å². The average Bonchev–Trinajstić information content (AvgIpc) is 2.28. The number of hydrogen-bond donors (Lipinski definition) is 2. The second-order valence-corrected chi connectivity index (χ2v) is 4.49. The van der Waals surface area contributed by atoms with Crippen LogP contribution in [0.5, 0.6) is 6.01 Å². The SMILES string of the molecule is CCOc1nc(Cl)nc(NC(C)(CC)CCO)n1. The van der Waals surface area contributed by atoms with Crippen LogP contribution in [0.2, 0.25) is 5.28 Å². The van der Waals surface area contributed by atoms with E-state index in [1.165, 1.54) is 0 Å². The van der Waals surface area contributed by atoms with Crippen LogP contribution < -0.4 is 10.1 Å². The highest BCUT2D eigenvalue weighted by Crippen LogP contribution is 2.21. The van der Waals surface area contributed by atoms with Crippen LogP contribution in [0.3, 0.4) is 0 Å². The third kappa shape index (κ3) is 4.27. The monoisotopic (exact) mass is 274 g/mol. The van der Waals surface area contributed by atoms with Crippen molar-refractivity contribution in [3.05, 3.63) is 5.28 Å². The molecule has 1 aromatic rings. The Bertz CT molecular complexity index is 391. The molecule has 1 heterocycles. The number of aliphatic hydroxyl groups is 1. The minimum atomic E-state index is -0.289. The van der Waals surface area contributed by atoms with Gasteiger partial charge in [-0.25, -0.2) is 0 Å². The van der Waals surface area contributed by atoms with Gasteiger partial charge in [0.05, 0.1) is 6.61 Å². The molecule has 6 nitrogen and oxygen atoms in total. The number of rotatable bonds is 7. The van der Waals surface area contributed by atoms with E-state index in [9.17, 15) is 0 Å². The van der Waals surface area contributed by atoms with Crippen molar-refractivity contribution >= 4 is 17.5 Å². The van der Waals surface area contributed by atoms with Crippen molar-refractivity contribution in [2.24, 2.45) is 0 Å². The van der Waals surface area contributed by atoms with Crippen LogP contribution in [-0.2, 0) is 0 Å². The highest BCUT2D eigenvalue weighted by molar-refractivity contribution is 6.28. The standard InChI is InChI=1S/C11H19ClN4O2/c1-4-11(3,6-7-17)16-9-13-8(12)14-10(15-9)18-5-2/h17H,4-7H2,1-3H3,(H,13,14,15,16). The van der Waals surface area contributed by atoms with Gasteiger partial charge in [-0.3, -0.25) is 0 Å². The summed E-state index contributed by atoms with van der Waals surface area (Å²) < 4.78 is 5.20. The molecule has 0 aliphatic carbocycles. The summed E-state index contributed by atoms with van der Waals surface area (Å²) >= 11 is 5.80. The molecule has 102 valence electrons. The van der Waals surface area contributed by atoms with E-state index in [1.807, 2.05) is 20.8 Å². The molecule has 0 saturated carbocycles. The molecule has 7 heteroatoms. The number of hydrogen-bond acceptors (Lipinski definition) is 6. The van der Waals surface area contributed by atoms with Gasteiger partial charge in [0.2, 0.25) is 11.2 Å². The molecule has 1 atom stereocenters. The zero-order chi connectivity index (χ0) is 13.6. The topological polar surface area (TPSA) is 80.2 Å². The Morgan fingerprint density at radius 1 is 1.33 bits per heavy atom. The molecule has 2 N–H and O–H groups in total. The maximum Gasteiger partial charge on any atom is 0.322 e. The maximum absolute atomic E-state index is 9.06. The summed E-state index contributed by atoms with van der Waals surface area (Å²) in [5, 5.41) is 12.3. The van der Waals surface area contributed by atoms with Crippen LogP contribution in [0.4, 0.5) is 5.95 Å².